The van der Waals surface area contributed by atoms with Gasteiger partial charge in [0.25, 0.3) is 8.38 Å². The van der Waals surface area contributed by atoms with Crippen molar-refractivity contribution in [3.05, 3.63) is 107 Å². The molecule has 5 heteroatoms. The number of para-hydroxylation sites is 2. The molecule has 0 saturated heterocycles. The third-order valence-corrected chi connectivity index (χ3v) is 7.11. The molecule has 150 valence electrons. The summed E-state index contributed by atoms with van der Waals surface area (Å²) in [6.45, 7) is 1.97. The quantitative estimate of drug-likeness (QED) is 0.246. The van der Waals surface area contributed by atoms with Crippen LogP contribution < -0.4 is 18.5 Å². The van der Waals surface area contributed by atoms with Gasteiger partial charge in [-0.2, -0.15) is 0 Å². The van der Waals surface area contributed by atoms with Crippen LogP contribution in [0.1, 0.15) is 22.3 Å². The first-order chi connectivity index (χ1) is 15.3. The van der Waals surface area contributed by atoms with E-state index in [1.807, 2.05) is 67.3 Å². The number of ether oxygens (including phenoxy) is 2. The Morgan fingerprint density at radius 1 is 0.516 bits per heavy atom. The molecule has 0 amide bonds. The number of hydrogen-bond acceptors (Lipinski definition) is 4. The minimum Gasteiger partial charge on any atom is -0.457 e. The Hall–Kier alpha value is -3.49. The lowest BCUT2D eigenvalue weighted by Gasteiger charge is -2.46. The summed E-state index contributed by atoms with van der Waals surface area (Å²) < 4.78 is 25.6. The highest BCUT2D eigenvalue weighted by molar-refractivity contribution is 7.47. The summed E-state index contributed by atoms with van der Waals surface area (Å²) in [4.78, 5) is 0. The predicted molar refractivity (Wildman–Crippen MR) is 119 cm³/mol. The second-order valence-electron chi connectivity index (χ2n) is 7.83. The van der Waals surface area contributed by atoms with E-state index in [-0.39, 0.29) is 0 Å². The molecule has 0 bridgehead atoms. The molecule has 1 spiro atoms. The summed E-state index contributed by atoms with van der Waals surface area (Å²) in [5.74, 6) is 4.78. The van der Waals surface area contributed by atoms with Crippen LogP contribution in [0.2, 0.25) is 0 Å². The Morgan fingerprint density at radius 3 is 1.45 bits per heavy atom. The van der Waals surface area contributed by atoms with Gasteiger partial charge in [-0.15, -0.1) is 0 Å². The van der Waals surface area contributed by atoms with E-state index in [2.05, 4.69) is 24.3 Å². The molecule has 3 heterocycles. The first kappa shape index (κ1) is 17.2. The smallest absolute Gasteiger partial charge is 0.286 e. The minimum atomic E-state index is -1.18. The van der Waals surface area contributed by atoms with Crippen molar-refractivity contribution in [3.63, 3.8) is 0 Å². The van der Waals surface area contributed by atoms with Gasteiger partial charge in [0, 0.05) is 17.8 Å². The lowest BCUT2D eigenvalue weighted by Crippen LogP contribution is -2.38. The third-order valence-electron chi connectivity index (χ3n) is 6.20. The van der Waals surface area contributed by atoms with Crippen LogP contribution in [0, 0.1) is 0 Å². The number of fused-ring (bicyclic) bond motifs is 2. The van der Waals surface area contributed by atoms with Crippen molar-refractivity contribution in [1.82, 2.24) is 0 Å². The fraction of sp³-hybridized carbons (Fsp3) is 0.0769. The van der Waals surface area contributed by atoms with Gasteiger partial charge in [-0.3, -0.25) is 0 Å². The van der Waals surface area contributed by atoms with Gasteiger partial charge in [0.15, 0.2) is 0 Å². The van der Waals surface area contributed by atoms with Crippen LogP contribution in [0.15, 0.2) is 84.9 Å². The fourth-order valence-corrected chi connectivity index (χ4v) is 6.05. The van der Waals surface area contributed by atoms with Gasteiger partial charge in [-0.25, -0.2) is 0 Å². The Morgan fingerprint density at radius 2 is 0.935 bits per heavy atom. The molecule has 0 atom stereocenters. The highest BCUT2D eigenvalue weighted by atomic mass is 31.2. The van der Waals surface area contributed by atoms with Gasteiger partial charge >= 0.3 is 0 Å². The van der Waals surface area contributed by atoms with Crippen LogP contribution in [0.3, 0.4) is 0 Å². The Labute approximate surface area is 180 Å². The molecule has 3 aliphatic heterocycles. The van der Waals surface area contributed by atoms with Gasteiger partial charge in [-0.1, -0.05) is 48.5 Å². The van der Waals surface area contributed by atoms with E-state index in [1.54, 1.807) is 0 Å². The number of hydrogen-bond donors (Lipinski definition) is 0. The molecule has 7 rings (SSSR count). The summed E-state index contributed by atoms with van der Waals surface area (Å²) >= 11 is 0. The van der Waals surface area contributed by atoms with Crippen LogP contribution in [0.4, 0.5) is 0 Å². The summed E-state index contributed by atoms with van der Waals surface area (Å²) in [5, 5.41) is 0. The second kappa shape index (κ2) is 6.03. The van der Waals surface area contributed by atoms with Crippen LogP contribution in [0.25, 0.3) is 0 Å². The van der Waals surface area contributed by atoms with E-state index in [0.29, 0.717) is 0 Å². The average Bonchev–Trinajstić information content (AvgIpc) is 2.78. The zero-order valence-electron chi connectivity index (χ0n) is 16.7. The van der Waals surface area contributed by atoms with E-state index < -0.39 is 13.8 Å². The van der Waals surface area contributed by atoms with E-state index in [0.717, 1.165) is 56.8 Å². The zero-order chi connectivity index (χ0) is 20.6. The first-order valence-electron chi connectivity index (χ1n) is 10.2. The van der Waals surface area contributed by atoms with E-state index >= 15 is 0 Å². The molecule has 0 unspecified atom stereocenters. The molecule has 0 aliphatic carbocycles. The minimum absolute atomic E-state index is 0.682. The molecule has 0 saturated carbocycles. The van der Waals surface area contributed by atoms with Crippen molar-refractivity contribution in [2.45, 2.75) is 5.41 Å². The second-order valence-corrected chi connectivity index (χ2v) is 9.07. The van der Waals surface area contributed by atoms with Gasteiger partial charge in [-0.05, 0) is 36.4 Å². The molecular formula is C26H17O4P. The van der Waals surface area contributed by atoms with Crippen molar-refractivity contribution >= 4 is 8.38 Å². The van der Waals surface area contributed by atoms with Crippen LogP contribution in [-0.2, 0) is 5.41 Å². The number of benzene rings is 4. The fourth-order valence-electron chi connectivity index (χ4n) is 5.16. The van der Waals surface area contributed by atoms with Crippen molar-refractivity contribution in [2.75, 3.05) is 6.66 Å². The van der Waals surface area contributed by atoms with E-state index in [9.17, 15) is 0 Å². The van der Waals surface area contributed by atoms with Crippen LogP contribution >= 0.6 is 8.38 Å². The summed E-state index contributed by atoms with van der Waals surface area (Å²) in [6, 6.07) is 28.4. The normalized spacial score (nSPS) is 16.4. The molecule has 3 aliphatic rings. The third kappa shape index (κ3) is 2.13. The molecule has 4 aromatic rings. The molecular weight excluding hydrogens is 407 g/mol. The van der Waals surface area contributed by atoms with Crippen LogP contribution in [0.5, 0.6) is 34.5 Å². The molecule has 4 nitrogen and oxygen atoms in total. The Bertz CT molecular complexity index is 1270. The monoisotopic (exact) mass is 424 g/mol. The number of rotatable bonds is 0. The standard InChI is InChI=1S/C26H17O4P/c1-31-29-22-14-6-12-20-24(22)26(16-8-2-4-10-18(16)27-20)17-9-3-5-11-19(17)28-21-13-7-15-23(30-31)25(21)26/h2-15H,1H3. The zero-order valence-corrected chi connectivity index (χ0v) is 17.6. The predicted octanol–water partition coefficient (Wildman–Crippen LogP) is 6.99. The lowest BCUT2D eigenvalue weighted by atomic mass is 9.62. The van der Waals surface area contributed by atoms with Crippen LogP contribution in [-0.4, -0.2) is 6.66 Å². The highest BCUT2D eigenvalue weighted by Crippen LogP contribution is 2.66. The summed E-state index contributed by atoms with van der Waals surface area (Å²) in [5.41, 5.74) is 3.41. The van der Waals surface area contributed by atoms with Crippen molar-refractivity contribution in [2.24, 2.45) is 0 Å². The molecule has 31 heavy (non-hydrogen) atoms. The Balaban J connectivity index is 1.76. The molecule has 4 aromatic carbocycles. The molecule has 0 radical (unpaired) electrons. The maximum atomic E-state index is 6.42. The van der Waals surface area contributed by atoms with E-state index in [1.165, 1.54) is 0 Å². The summed E-state index contributed by atoms with van der Waals surface area (Å²) in [6.07, 6.45) is 0. The van der Waals surface area contributed by atoms with Gasteiger partial charge in [0.1, 0.15) is 34.5 Å². The lowest BCUT2D eigenvalue weighted by molar-refractivity contribution is 0.376. The van der Waals surface area contributed by atoms with Gasteiger partial charge < -0.3 is 18.5 Å². The SMILES string of the molecule is CP1Oc2cccc3c2C2(c4ccccc4O3)c3ccccc3Oc3cccc(c32)O1. The topological polar surface area (TPSA) is 36.9 Å². The highest BCUT2D eigenvalue weighted by Gasteiger charge is 2.54. The maximum Gasteiger partial charge on any atom is 0.286 e. The van der Waals surface area contributed by atoms with E-state index in [4.69, 9.17) is 18.5 Å². The van der Waals surface area contributed by atoms with Crippen molar-refractivity contribution in [3.8, 4) is 34.5 Å². The summed E-state index contributed by atoms with van der Waals surface area (Å²) in [7, 11) is -1.18. The maximum absolute atomic E-state index is 6.42. The van der Waals surface area contributed by atoms with Crippen molar-refractivity contribution in [1.29, 1.82) is 0 Å². The van der Waals surface area contributed by atoms with Crippen molar-refractivity contribution < 1.29 is 18.5 Å². The Kier molecular flexibility index (Phi) is 3.35. The molecule has 0 N–H and O–H groups in total. The van der Waals surface area contributed by atoms with Gasteiger partial charge in [0.2, 0.25) is 0 Å². The largest absolute Gasteiger partial charge is 0.457 e. The molecule has 0 fully saturated rings. The van der Waals surface area contributed by atoms with Gasteiger partial charge in [0.05, 0.1) is 16.5 Å². The molecule has 0 aromatic heterocycles. The average molecular weight is 424 g/mol. The first-order valence-corrected chi connectivity index (χ1v) is 11.8.